The smallest absolute Gasteiger partial charge is 0.309 e. The van der Waals surface area contributed by atoms with E-state index in [0.29, 0.717) is 13.0 Å². The minimum atomic E-state index is -0.157. The summed E-state index contributed by atoms with van der Waals surface area (Å²) in [4.78, 5) is 10.9. The molecule has 0 radical (unpaired) electrons. The molecule has 0 atom stereocenters. The summed E-state index contributed by atoms with van der Waals surface area (Å²) < 4.78 is 4.79. The van der Waals surface area contributed by atoms with E-state index in [2.05, 4.69) is 0 Å². The second-order valence-electron chi connectivity index (χ2n) is 2.52. The van der Waals surface area contributed by atoms with Crippen molar-refractivity contribution in [2.24, 2.45) is 0 Å². The van der Waals surface area contributed by atoms with E-state index in [1.165, 1.54) is 0 Å². The zero-order valence-electron chi connectivity index (χ0n) is 7.96. The highest BCUT2D eigenvalue weighted by Crippen LogP contribution is 2.01. The largest absolute Gasteiger partial charge is 0.466 e. The first kappa shape index (κ1) is 11.0. The topological polar surface area (TPSA) is 26.3 Å². The Morgan fingerprint density at radius 1 is 1.50 bits per heavy atom. The van der Waals surface area contributed by atoms with Gasteiger partial charge in [-0.1, -0.05) is 23.8 Å². The van der Waals surface area contributed by atoms with Crippen molar-refractivity contribution in [3.8, 4) is 0 Å². The van der Waals surface area contributed by atoms with E-state index in [4.69, 9.17) is 4.74 Å². The van der Waals surface area contributed by atoms with Gasteiger partial charge >= 0.3 is 5.97 Å². The number of hydrogen-bond acceptors (Lipinski definition) is 2. The quantitative estimate of drug-likeness (QED) is 0.476. The molecule has 0 aromatic rings. The zero-order chi connectivity index (χ0) is 9.40. The van der Waals surface area contributed by atoms with E-state index in [1.807, 2.05) is 39.0 Å². The average Bonchev–Trinajstić information content (AvgIpc) is 2.01. The van der Waals surface area contributed by atoms with E-state index >= 15 is 0 Å². The van der Waals surface area contributed by atoms with Crippen LogP contribution in [0.1, 0.15) is 27.2 Å². The summed E-state index contributed by atoms with van der Waals surface area (Å²) in [5, 5.41) is 0. The van der Waals surface area contributed by atoms with Crippen LogP contribution in [0.5, 0.6) is 0 Å². The monoisotopic (exact) mass is 168 g/mol. The molecule has 0 heterocycles. The summed E-state index contributed by atoms with van der Waals surface area (Å²) in [6.07, 6.45) is 6.14. The van der Waals surface area contributed by atoms with E-state index in [9.17, 15) is 4.79 Å². The Hall–Kier alpha value is -1.05. The van der Waals surface area contributed by atoms with Crippen LogP contribution >= 0.6 is 0 Å². The van der Waals surface area contributed by atoms with Gasteiger partial charge in [0.15, 0.2) is 0 Å². The predicted octanol–water partition coefficient (Wildman–Crippen LogP) is 2.46. The first-order valence-electron chi connectivity index (χ1n) is 4.14. The summed E-state index contributed by atoms with van der Waals surface area (Å²) >= 11 is 0. The molecule has 0 aliphatic carbocycles. The first-order valence-corrected chi connectivity index (χ1v) is 4.14. The fourth-order valence-corrected chi connectivity index (χ4v) is 0.759. The van der Waals surface area contributed by atoms with Crippen molar-refractivity contribution in [1.82, 2.24) is 0 Å². The molecule has 2 nitrogen and oxygen atoms in total. The molecule has 0 aliphatic heterocycles. The van der Waals surface area contributed by atoms with Crippen LogP contribution in [0.3, 0.4) is 0 Å². The molecule has 0 saturated carbocycles. The van der Waals surface area contributed by atoms with Crippen LogP contribution in [0, 0.1) is 0 Å². The Kier molecular flexibility index (Phi) is 6.07. The summed E-state index contributed by atoms with van der Waals surface area (Å²) in [6.45, 7) is 6.11. The minimum Gasteiger partial charge on any atom is -0.466 e. The molecule has 0 N–H and O–H groups in total. The van der Waals surface area contributed by atoms with Crippen LogP contribution in [0.25, 0.3) is 0 Å². The van der Waals surface area contributed by atoms with Gasteiger partial charge in [0.25, 0.3) is 0 Å². The lowest BCUT2D eigenvalue weighted by Gasteiger charge is -2.00. The van der Waals surface area contributed by atoms with Gasteiger partial charge in [-0.25, -0.2) is 0 Å². The van der Waals surface area contributed by atoms with Crippen molar-refractivity contribution < 1.29 is 9.53 Å². The number of ether oxygens (including phenoxy) is 1. The van der Waals surface area contributed by atoms with Gasteiger partial charge < -0.3 is 4.74 Å². The van der Waals surface area contributed by atoms with Crippen LogP contribution in [-0.4, -0.2) is 12.6 Å². The molecule has 68 valence electrons. The number of allylic oxidation sites excluding steroid dienone is 3. The van der Waals surface area contributed by atoms with Crippen LogP contribution in [0.4, 0.5) is 0 Å². The molecule has 0 aliphatic rings. The van der Waals surface area contributed by atoms with Crippen molar-refractivity contribution >= 4 is 5.97 Å². The third-order valence-corrected chi connectivity index (χ3v) is 1.30. The second-order valence-corrected chi connectivity index (χ2v) is 2.52. The van der Waals surface area contributed by atoms with E-state index < -0.39 is 0 Å². The van der Waals surface area contributed by atoms with Crippen LogP contribution in [0.2, 0.25) is 0 Å². The first-order chi connectivity index (χ1) is 5.70. The molecule has 0 fully saturated rings. The molecule has 0 aromatic heterocycles. The molecule has 0 bridgehead atoms. The average molecular weight is 168 g/mol. The Morgan fingerprint density at radius 2 is 2.17 bits per heavy atom. The van der Waals surface area contributed by atoms with Crippen LogP contribution in [-0.2, 0) is 9.53 Å². The zero-order valence-corrected chi connectivity index (χ0v) is 7.96. The summed E-state index contributed by atoms with van der Waals surface area (Å²) in [5.74, 6) is -0.157. The lowest BCUT2D eigenvalue weighted by molar-refractivity contribution is -0.142. The lowest BCUT2D eigenvalue weighted by atomic mass is 10.2. The summed E-state index contributed by atoms with van der Waals surface area (Å²) in [5.41, 5.74) is 1.02. The molecule has 0 aromatic carbocycles. The summed E-state index contributed by atoms with van der Waals surface area (Å²) in [6, 6.07) is 0. The van der Waals surface area contributed by atoms with Gasteiger partial charge in [-0.05, 0) is 20.8 Å². The van der Waals surface area contributed by atoms with Crippen molar-refractivity contribution in [1.29, 1.82) is 0 Å². The van der Waals surface area contributed by atoms with E-state index in [1.54, 1.807) is 0 Å². The number of rotatable bonds is 4. The maximum absolute atomic E-state index is 10.9. The van der Waals surface area contributed by atoms with Crippen molar-refractivity contribution in [2.75, 3.05) is 6.61 Å². The van der Waals surface area contributed by atoms with Gasteiger partial charge in [0.1, 0.15) is 0 Å². The molecular formula is C10H16O2. The molecule has 0 spiro atoms. The normalized spacial score (nSPS) is 12.1. The van der Waals surface area contributed by atoms with Gasteiger partial charge in [0.2, 0.25) is 0 Å². The number of carbonyl (C=O) groups is 1. The predicted molar refractivity (Wildman–Crippen MR) is 49.8 cm³/mol. The third-order valence-electron chi connectivity index (χ3n) is 1.30. The standard InChI is InChI=1S/C10H16O2/c1-4-6-7-9(3)8-10(11)12-5-2/h4,6-7H,5,8H2,1-3H3/b6-4-,9-7+. The van der Waals surface area contributed by atoms with Crippen molar-refractivity contribution in [3.63, 3.8) is 0 Å². The van der Waals surface area contributed by atoms with Crippen LogP contribution < -0.4 is 0 Å². The maximum Gasteiger partial charge on any atom is 0.309 e. The highest BCUT2D eigenvalue weighted by Gasteiger charge is 2.00. The fraction of sp³-hybridized carbons (Fsp3) is 0.500. The van der Waals surface area contributed by atoms with Crippen LogP contribution in [0.15, 0.2) is 23.8 Å². The Balaban J connectivity index is 3.82. The van der Waals surface area contributed by atoms with E-state index in [0.717, 1.165) is 5.57 Å². The van der Waals surface area contributed by atoms with Gasteiger partial charge in [-0.15, -0.1) is 0 Å². The minimum absolute atomic E-state index is 0.157. The van der Waals surface area contributed by atoms with Gasteiger partial charge in [-0.3, -0.25) is 4.79 Å². The SMILES string of the molecule is C/C=C\C=C(/C)CC(=O)OCC. The summed E-state index contributed by atoms with van der Waals surface area (Å²) in [7, 11) is 0. The Bertz CT molecular complexity index is 190. The number of carbonyl (C=O) groups excluding carboxylic acids is 1. The molecule has 2 heteroatoms. The highest BCUT2D eigenvalue weighted by atomic mass is 16.5. The number of hydrogen-bond donors (Lipinski definition) is 0. The Labute approximate surface area is 73.9 Å². The Morgan fingerprint density at radius 3 is 2.67 bits per heavy atom. The third kappa shape index (κ3) is 5.71. The highest BCUT2D eigenvalue weighted by molar-refractivity contribution is 5.72. The van der Waals surface area contributed by atoms with Crippen molar-refractivity contribution in [3.05, 3.63) is 23.8 Å². The number of esters is 1. The molecule has 0 unspecified atom stereocenters. The lowest BCUT2D eigenvalue weighted by Crippen LogP contribution is -2.03. The van der Waals surface area contributed by atoms with Gasteiger partial charge in [-0.2, -0.15) is 0 Å². The van der Waals surface area contributed by atoms with E-state index in [-0.39, 0.29) is 5.97 Å². The fourth-order valence-electron chi connectivity index (χ4n) is 0.759. The van der Waals surface area contributed by atoms with Gasteiger partial charge in [0, 0.05) is 0 Å². The molecule has 12 heavy (non-hydrogen) atoms. The molecule has 0 saturated heterocycles. The van der Waals surface area contributed by atoms with Gasteiger partial charge in [0.05, 0.1) is 13.0 Å². The molecule has 0 amide bonds. The van der Waals surface area contributed by atoms with Crippen molar-refractivity contribution in [2.45, 2.75) is 27.2 Å². The second kappa shape index (κ2) is 6.65. The molecule has 0 rings (SSSR count). The molecular weight excluding hydrogens is 152 g/mol. The maximum atomic E-state index is 10.9.